The molecule has 2 aromatic rings. The van der Waals surface area contributed by atoms with E-state index in [0.717, 1.165) is 12.5 Å². The summed E-state index contributed by atoms with van der Waals surface area (Å²) in [5.74, 6) is -0.928. The first-order valence-electron chi connectivity index (χ1n) is 8.62. The van der Waals surface area contributed by atoms with Gasteiger partial charge < -0.3 is 4.74 Å². The van der Waals surface area contributed by atoms with E-state index in [2.05, 4.69) is 9.82 Å². The minimum absolute atomic E-state index is 0.0592. The molecule has 0 saturated heterocycles. The number of nitrogens with zero attached hydrogens (tertiary/aromatic N) is 2. The zero-order chi connectivity index (χ0) is 20.5. The standard InChI is InChI=1S/C17H19F4N3O3S/c1-27-15-7-6-11(10-13(15)18)28(25,26)22-8-9-24-14-5-3-2-4-12(14)16(23-24)17(19,20)21/h6-7,10,22H,2-5,8-9H2,1H3. The Labute approximate surface area is 159 Å². The third-order valence-electron chi connectivity index (χ3n) is 4.57. The Morgan fingerprint density at radius 1 is 1.25 bits per heavy atom. The number of hydrogen-bond acceptors (Lipinski definition) is 4. The van der Waals surface area contributed by atoms with Crippen molar-refractivity contribution < 1.29 is 30.7 Å². The summed E-state index contributed by atoms with van der Waals surface area (Å²) in [6.07, 6.45) is -2.35. The van der Waals surface area contributed by atoms with Crippen molar-refractivity contribution in [3.05, 3.63) is 41.0 Å². The average Bonchev–Trinajstić information content (AvgIpc) is 3.01. The lowest BCUT2D eigenvalue weighted by Gasteiger charge is -2.15. The quantitative estimate of drug-likeness (QED) is 0.728. The highest BCUT2D eigenvalue weighted by molar-refractivity contribution is 7.89. The van der Waals surface area contributed by atoms with E-state index in [1.54, 1.807) is 0 Å². The predicted octanol–water partition coefficient (Wildman–Crippen LogP) is 2.91. The molecule has 3 rings (SSSR count). The molecule has 28 heavy (non-hydrogen) atoms. The zero-order valence-corrected chi connectivity index (χ0v) is 15.8. The number of fused-ring (bicyclic) bond motifs is 1. The molecule has 0 spiro atoms. The molecule has 1 aliphatic carbocycles. The summed E-state index contributed by atoms with van der Waals surface area (Å²) >= 11 is 0. The largest absolute Gasteiger partial charge is 0.494 e. The van der Waals surface area contributed by atoms with E-state index < -0.39 is 27.7 Å². The number of methoxy groups -OCH3 is 1. The second-order valence-corrected chi connectivity index (χ2v) is 8.16. The second kappa shape index (κ2) is 7.70. The summed E-state index contributed by atoms with van der Waals surface area (Å²) < 4.78 is 86.1. The molecule has 1 aromatic heterocycles. The highest BCUT2D eigenvalue weighted by atomic mass is 32.2. The van der Waals surface area contributed by atoms with Crippen LogP contribution in [-0.4, -0.2) is 31.9 Å². The maximum absolute atomic E-state index is 13.7. The number of nitrogens with one attached hydrogen (secondary N) is 1. The maximum atomic E-state index is 13.7. The van der Waals surface area contributed by atoms with Crippen LogP contribution in [0.2, 0.25) is 0 Å². The summed E-state index contributed by atoms with van der Waals surface area (Å²) in [5, 5.41) is 3.67. The number of alkyl halides is 3. The van der Waals surface area contributed by atoms with Crippen molar-refractivity contribution in [1.82, 2.24) is 14.5 Å². The van der Waals surface area contributed by atoms with Crippen molar-refractivity contribution in [3.63, 3.8) is 0 Å². The van der Waals surface area contributed by atoms with Gasteiger partial charge >= 0.3 is 6.18 Å². The number of rotatable bonds is 6. The summed E-state index contributed by atoms with van der Waals surface area (Å²) in [7, 11) is -2.77. The molecule has 6 nitrogen and oxygen atoms in total. The van der Waals surface area contributed by atoms with E-state index in [1.807, 2.05) is 0 Å². The van der Waals surface area contributed by atoms with Crippen LogP contribution in [0.4, 0.5) is 17.6 Å². The first-order valence-corrected chi connectivity index (χ1v) is 10.1. The van der Waals surface area contributed by atoms with Gasteiger partial charge in [-0.3, -0.25) is 4.68 Å². The van der Waals surface area contributed by atoms with Crippen LogP contribution in [0.5, 0.6) is 5.75 Å². The average molecular weight is 421 g/mol. The van der Waals surface area contributed by atoms with Crippen LogP contribution in [0, 0.1) is 5.82 Å². The van der Waals surface area contributed by atoms with E-state index in [0.29, 0.717) is 25.0 Å². The lowest BCUT2D eigenvalue weighted by molar-refractivity contribution is -0.142. The summed E-state index contributed by atoms with van der Waals surface area (Å²) in [6, 6.07) is 3.18. The molecule has 0 amide bonds. The molecule has 0 aliphatic heterocycles. The van der Waals surface area contributed by atoms with E-state index in [9.17, 15) is 26.0 Å². The van der Waals surface area contributed by atoms with Gasteiger partial charge in [-0.1, -0.05) is 0 Å². The van der Waals surface area contributed by atoms with Gasteiger partial charge in [0.2, 0.25) is 10.0 Å². The Morgan fingerprint density at radius 2 is 1.96 bits per heavy atom. The summed E-state index contributed by atoms with van der Waals surface area (Å²) in [6.45, 7) is -0.238. The molecule has 0 bridgehead atoms. The van der Waals surface area contributed by atoms with Crippen LogP contribution in [0.15, 0.2) is 23.1 Å². The van der Waals surface area contributed by atoms with Crippen LogP contribution in [0.3, 0.4) is 0 Å². The molecule has 1 aromatic carbocycles. The molecular weight excluding hydrogens is 402 g/mol. The second-order valence-electron chi connectivity index (χ2n) is 6.40. The van der Waals surface area contributed by atoms with Gasteiger partial charge in [0.25, 0.3) is 0 Å². The molecule has 11 heteroatoms. The van der Waals surface area contributed by atoms with E-state index >= 15 is 0 Å². The monoisotopic (exact) mass is 421 g/mol. The van der Waals surface area contributed by atoms with Crippen LogP contribution in [0.1, 0.15) is 29.8 Å². The van der Waals surface area contributed by atoms with Gasteiger partial charge in [0.15, 0.2) is 17.3 Å². The summed E-state index contributed by atoms with van der Waals surface area (Å²) in [4.78, 5) is -0.302. The Hall–Kier alpha value is -2.14. The Balaban J connectivity index is 1.74. The zero-order valence-electron chi connectivity index (χ0n) is 15.0. The molecule has 1 aliphatic rings. The van der Waals surface area contributed by atoms with E-state index in [-0.39, 0.29) is 29.3 Å². The van der Waals surface area contributed by atoms with Crippen molar-refractivity contribution in [2.45, 2.75) is 43.3 Å². The van der Waals surface area contributed by atoms with Crippen molar-refractivity contribution in [2.75, 3.05) is 13.7 Å². The maximum Gasteiger partial charge on any atom is 0.435 e. The lowest BCUT2D eigenvalue weighted by atomic mass is 9.95. The van der Waals surface area contributed by atoms with Gasteiger partial charge in [0, 0.05) is 17.8 Å². The molecule has 0 saturated carbocycles. The molecule has 1 N–H and O–H groups in total. The molecule has 0 unspecified atom stereocenters. The first-order chi connectivity index (χ1) is 13.1. The highest BCUT2D eigenvalue weighted by Crippen LogP contribution is 2.35. The summed E-state index contributed by atoms with van der Waals surface area (Å²) in [5.41, 5.74) is -0.214. The van der Waals surface area contributed by atoms with E-state index in [4.69, 9.17) is 4.74 Å². The molecule has 1 heterocycles. The van der Waals surface area contributed by atoms with Crippen LogP contribution >= 0.6 is 0 Å². The molecule has 0 radical (unpaired) electrons. The Morgan fingerprint density at radius 3 is 2.61 bits per heavy atom. The minimum Gasteiger partial charge on any atom is -0.494 e. The first kappa shape index (κ1) is 20.6. The third kappa shape index (κ3) is 4.14. The van der Waals surface area contributed by atoms with Crippen LogP contribution in [0.25, 0.3) is 0 Å². The molecular formula is C17H19F4N3O3S. The Kier molecular flexibility index (Phi) is 5.67. The third-order valence-corrected chi connectivity index (χ3v) is 6.03. The fraction of sp³-hybridized carbons (Fsp3) is 0.471. The predicted molar refractivity (Wildman–Crippen MR) is 92.0 cm³/mol. The lowest BCUT2D eigenvalue weighted by Crippen LogP contribution is -2.28. The molecule has 0 atom stereocenters. The van der Waals surface area contributed by atoms with E-state index in [1.165, 1.54) is 23.9 Å². The van der Waals surface area contributed by atoms with Crippen molar-refractivity contribution >= 4 is 10.0 Å². The molecule has 0 fully saturated rings. The smallest absolute Gasteiger partial charge is 0.435 e. The van der Waals surface area contributed by atoms with Crippen molar-refractivity contribution in [2.24, 2.45) is 0 Å². The van der Waals surface area contributed by atoms with Gasteiger partial charge in [0.05, 0.1) is 18.6 Å². The number of ether oxygens (including phenoxy) is 1. The van der Waals surface area contributed by atoms with Crippen molar-refractivity contribution in [3.8, 4) is 5.75 Å². The van der Waals surface area contributed by atoms with Crippen LogP contribution < -0.4 is 9.46 Å². The van der Waals surface area contributed by atoms with Gasteiger partial charge in [-0.05, 0) is 43.9 Å². The topological polar surface area (TPSA) is 73.2 Å². The van der Waals surface area contributed by atoms with Crippen molar-refractivity contribution in [1.29, 1.82) is 0 Å². The number of benzene rings is 1. The highest BCUT2D eigenvalue weighted by Gasteiger charge is 2.39. The fourth-order valence-corrected chi connectivity index (χ4v) is 4.30. The SMILES string of the molecule is COc1ccc(S(=O)(=O)NCCn2nc(C(F)(F)F)c3c2CCCC3)cc1F. The number of aromatic nitrogens is 2. The van der Waals surface area contributed by atoms with Crippen LogP contribution in [-0.2, 0) is 35.6 Å². The molecule has 154 valence electrons. The van der Waals surface area contributed by atoms with Gasteiger partial charge in [-0.15, -0.1) is 0 Å². The van der Waals surface area contributed by atoms with Gasteiger partial charge in [-0.25, -0.2) is 17.5 Å². The number of halogens is 4. The number of sulfonamides is 1. The normalized spacial score (nSPS) is 14.8. The number of hydrogen-bond donors (Lipinski definition) is 1. The fourth-order valence-electron chi connectivity index (χ4n) is 3.27. The minimum atomic E-state index is -4.55. The van der Waals surface area contributed by atoms with Gasteiger partial charge in [-0.2, -0.15) is 18.3 Å². The van der Waals surface area contributed by atoms with Gasteiger partial charge in [0.1, 0.15) is 0 Å². The Bertz CT molecular complexity index is 971.